The highest BCUT2D eigenvalue weighted by Crippen LogP contribution is 2.21. The van der Waals surface area contributed by atoms with Crippen LogP contribution in [0.4, 0.5) is 0 Å². The third-order valence-corrected chi connectivity index (χ3v) is 6.38. The number of amides is 1. The Balaban J connectivity index is 0.000000360. The number of pyridine rings is 2. The molecular weight excluding hydrogens is 500 g/mol. The molecule has 1 amide bonds. The number of hydrogen-bond acceptors (Lipinski definition) is 5. The smallest absolute Gasteiger partial charge is 0.254 e. The number of halogens is 1. The van der Waals surface area contributed by atoms with Gasteiger partial charge in [0.1, 0.15) is 5.56 Å². The molecule has 1 aliphatic rings. The van der Waals surface area contributed by atoms with Crippen molar-refractivity contribution >= 4 is 28.4 Å². The third kappa shape index (κ3) is 6.87. The number of carbonyl (C=O) groups excluding carboxylic acids is 1. The number of nitrogens with two attached hydrogens (primary N) is 1. The minimum absolute atomic E-state index is 0.0281. The molecule has 0 saturated carbocycles. The van der Waals surface area contributed by atoms with Crippen molar-refractivity contribution in [2.24, 2.45) is 12.8 Å². The fraction of sp³-hybridized carbons (Fsp3) is 0.233. The van der Waals surface area contributed by atoms with Gasteiger partial charge in [0.05, 0.1) is 18.7 Å². The van der Waals surface area contributed by atoms with Gasteiger partial charge in [0.15, 0.2) is 0 Å². The average molecular weight is 529 g/mol. The number of fused-ring (bicyclic) bond motifs is 1. The zero-order chi connectivity index (χ0) is 27.1. The lowest BCUT2D eigenvalue weighted by Gasteiger charge is -2.26. The van der Waals surface area contributed by atoms with Gasteiger partial charge in [0.25, 0.3) is 5.91 Å². The Kier molecular flexibility index (Phi) is 8.93. The molecule has 2 aromatic heterocycles. The molecule has 7 nitrogen and oxygen atoms in total. The Morgan fingerprint density at radius 1 is 1.13 bits per heavy atom. The van der Waals surface area contributed by atoms with Gasteiger partial charge in [0, 0.05) is 66.8 Å². The van der Waals surface area contributed by atoms with Crippen LogP contribution in [0.1, 0.15) is 32.6 Å². The van der Waals surface area contributed by atoms with E-state index < -0.39 is 5.91 Å². The number of aryl methyl sites for hydroxylation is 2. The van der Waals surface area contributed by atoms with E-state index in [0.717, 1.165) is 34.8 Å². The van der Waals surface area contributed by atoms with Crippen LogP contribution >= 0.6 is 11.6 Å². The number of primary amides is 1. The Morgan fingerprint density at radius 3 is 2.50 bits per heavy atom. The molecule has 1 aliphatic heterocycles. The molecule has 0 unspecified atom stereocenters. The van der Waals surface area contributed by atoms with Gasteiger partial charge in [-0.1, -0.05) is 41.1 Å². The van der Waals surface area contributed by atoms with E-state index in [9.17, 15) is 9.59 Å². The lowest BCUT2D eigenvalue weighted by molar-refractivity contribution is 0.0342. The number of ether oxygens (including phenoxy) is 1. The lowest BCUT2D eigenvalue weighted by Crippen LogP contribution is -2.35. The summed E-state index contributed by atoms with van der Waals surface area (Å²) >= 11 is 5.61. The molecule has 38 heavy (non-hydrogen) atoms. The molecule has 2 N–H and O–H groups in total. The van der Waals surface area contributed by atoms with E-state index in [1.54, 1.807) is 24.0 Å². The lowest BCUT2D eigenvalue weighted by atomic mass is 10.0. The highest BCUT2D eigenvalue weighted by molar-refractivity contribution is 6.30. The van der Waals surface area contributed by atoms with Crippen LogP contribution in [0, 0.1) is 18.8 Å². The summed E-state index contributed by atoms with van der Waals surface area (Å²) in [6.07, 6.45) is 4.86. The second-order valence-corrected chi connectivity index (χ2v) is 9.50. The first-order valence-corrected chi connectivity index (χ1v) is 12.6. The molecule has 4 aromatic rings. The molecule has 194 valence electrons. The molecule has 0 bridgehead atoms. The van der Waals surface area contributed by atoms with E-state index in [1.807, 2.05) is 55.5 Å². The van der Waals surface area contributed by atoms with Gasteiger partial charge in [-0.3, -0.25) is 19.5 Å². The first-order chi connectivity index (χ1) is 18.3. The molecule has 5 rings (SSSR count). The maximum absolute atomic E-state index is 13.0. The van der Waals surface area contributed by atoms with E-state index in [2.05, 4.69) is 21.7 Å². The van der Waals surface area contributed by atoms with E-state index in [-0.39, 0.29) is 11.0 Å². The number of nitrogens with zero attached hydrogens (tertiary/aromatic N) is 3. The van der Waals surface area contributed by atoms with Crippen LogP contribution in [0.15, 0.2) is 71.9 Å². The maximum atomic E-state index is 13.0. The summed E-state index contributed by atoms with van der Waals surface area (Å²) in [7, 11) is 1.78. The van der Waals surface area contributed by atoms with Crippen molar-refractivity contribution in [1.82, 2.24) is 14.5 Å². The molecule has 1 fully saturated rings. The van der Waals surface area contributed by atoms with Gasteiger partial charge < -0.3 is 15.0 Å². The number of carbonyl (C=O) groups is 1. The fourth-order valence-electron chi connectivity index (χ4n) is 4.20. The summed E-state index contributed by atoms with van der Waals surface area (Å²) in [5, 5.41) is 1.24. The van der Waals surface area contributed by atoms with E-state index in [1.165, 1.54) is 11.8 Å². The largest absolute Gasteiger partial charge is 0.379 e. The van der Waals surface area contributed by atoms with Crippen molar-refractivity contribution in [3.05, 3.63) is 110 Å². The van der Waals surface area contributed by atoms with Crippen molar-refractivity contribution in [2.75, 3.05) is 26.3 Å². The molecule has 3 heterocycles. The van der Waals surface area contributed by atoms with Crippen molar-refractivity contribution in [1.29, 1.82) is 0 Å². The van der Waals surface area contributed by atoms with Gasteiger partial charge in [-0.25, -0.2) is 0 Å². The van der Waals surface area contributed by atoms with Crippen LogP contribution in [0.3, 0.4) is 0 Å². The fourth-order valence-corrected chi connectivity index (χ4v) is 4.32. The van der Waals surface area contributed by atoms with Crippen molar-refractivity contribution in [3.63, 3.8) is 0 Å². The summed E-state index contributed by atoms with van der Waals surface area (Å²) in [4.78, 5) is 31.1. The SMILES string of the molecule is Cc1ccc(Cl)cc1.Cn1cc(C(N)=O)c(=O)c2cc(CN3CCOCC3)cc(C#Cc3cccnc3)c21. The molecule has 1 saturated heterocycles. The van der Waals surface area contributed by atoms with Crippen molar-refractivity contribution < 1.29 is 9.53 Å². The molecule has 0 atom stereocenters. The van der Waals surface area contributed by atoms with E-state index in [4.69, 9.17) is 22.1 Å². The first-order valence-electron chi connectivity index (χ1n) is 12.2. The normalized spacial score (nSPS) is 13.2. The third-order valence-electron chi connectivity index (χ3n) is 6.12. The van der Waals surface area contributed by atoms with Crippen LogP contribution in [-0.2, 0) is 18.3 Å². The highest BCUT2D eigenvalue weighted by atomic mass is 35.5. The first kappa shape index (κ1) is 27.1. The van der Waals surface area contributed by atoms with Crippen molar-refractivity contribution in [3.8, 4) is 11.8 Å². The minimum atomic E-state index is -0.737. The Hall–Kier alpha value is -3.96. The maximum Gasteiger partial charge on any atom is 0.254 e. The number of rotatable bonds is 3. The predicted molar refractivity (Wildman–Crippen MR) is 150 cm³/mol. The molecule has 0 radical (unpaired) electrons. The summed E-state index contributed by atoms with van der Waals surface area (Å²) in [6.45, 7) is 5.74. The van der Waals surface area contributed by atoms with Crippen LogP contribution < -0.4 is 11.2 Å². The second kappa shape index (κ2) is 12.5. The minimum Gasteiger partial charge on any atom is -0.379 e. The topological polar surface area (TPSA) is 90.5 Å². The molecule has 8 heteroatoms. The van der Waals surface area contributed by atoms with Gasteiger partial charge in [-0.2, -0.15) is 0 Å². The van der Waals surface area contributed by atoms with Gasteiger partial charge >= 0.3 is 0 Å². The predicted octanol–water partition coefficient (Wildman–Crippen LogP) is 3.91. The number of hydrogen-bond donors (Lipinski definition) is 1. The Bertz CT molecular complexity index is 1530. The molecular formula is C30H29ClN4O3. The van der Waals surface area contributed by atoms with Gasteiger partial charge in [-0.15, -0.1) is 0 Å². The summed E-state index contributed by atoms with van der Waals surface area (Å²) in [5.74, 6) is 5.57. The van der Waals surface area contributed by atoms with E-state index >= 15 is 0 Å². The highest BCUT2D eigenvalue weighted by Gasteiger charge is 2.17. The molecule has 2 aromatic carbocycles. The Labute approximate surface area is 226 Å². The van der Waals surface area contributed by atoms with Crippen LogP contribution in [0.5, 0.6) is 0 Å². The number of morpholine rings is 1. The zero-order valence-corrected chi connectivity index (χ0v) is 22.2. The molecule has 0 aliphatic carbocycles. The summed E-state index contributed by atoms with van der Waals surface area (Å²) < 4.78 is 7.16. The van der Waals surface area contributed by atoms with Crippen LogP contribution in [-0.4, -0.2) is 46.7 Å². The second-order valence-electron chi connectivity index (χ2n) is 9.06. The monoisotopic (exact) mass is 528 g/mol. The average Bonchev–Trinajstić information content (AvgIpc) is 2.92. The van der Waals surface area contributed by atoms with Crippen LogP contribution in [0.25, 0.3) is 10.9 Å². The number of benzene rings is 2. The quantitative estimate of drug-likeness (QED) is 0.407. The van der Waals surface area contributed by atoms with Gasteiger partial charge in [-0.05, 0) is 48.9 Å². The Morgan fingerprint density at radius 2 is 1.87 bits per heavy atom. The van der Waals surface area contributed by atoms with Crippen molar-refractivity contribution in [2.45, 2.75) is 13.5 Å². The van der Waals surface area contributed by atoms with Gasteiger partial charge in [0.2, 0.25) is 5.43 Å². The van der Waals surface area contributed by atoms with E-state index in [0.29, 0.717) is 30.7 Å². The summed E-state index contributed by atoms with van der Waals surface area (Å²) in [6, 6.07) is 15.3. The molecule has 0 spiro atoms. The van der Waals surface area contributed by atoms with Crippen LogP contribution in [0.2, 0.25) is 5.02 Å². The summed E-state index contributed by atoms with van der Waals surface area (Å²) in [5.41, 5.74) is 9.40. The number of aromatic nitrogens is 2. The zero-order valence-electron chi connectivity index (χ0n) is 21.4. The standard InChI is InChI=1S/C23H22N4O3.C7H7Cl/c1-26-15-20(23(24)29)22(28)19-12-17(14-27-7-9-30-10-8-27)11-18(21(19)26)5-4-16-3-2-6-25-13-16;1-6-2-4-7(8)5-3-6/h2-3,6,11-13,15H,7-10,14H2,1H3,(H2,24,29);2-5H,1H3.